The fourth-order valence-electron chi connectivity index (χ4n) is 3.10. The van der Waals surface area contributed by atoms with Crippen LogP contribution in [0.4, 0.5) is 5.13 Å². The molecule has 0 aliphatic heterocycles. The number of hydrogen-bond donors (Lipinski definition) is 0. The predicted molar refractivity (Wildman–Crippen MR) is 122 cm³/mol. The summed E-state index contributed by atoms with van der Waals surface area (Å²) >= 11 is 7.46. The first-order valence-electron chi connectivity index (χ1n) is 9.55. The van der Waals surface area contributed by atoms with Crippen LogP contribution in [0, 0.1) is 13.8 Å². The van der Waals surface area contributed by atoms with Gasteiger partial charge in [-0.1, -0.05) is 29.0 Å². The first kappa shape index (κ1) is 21.6. The Morgan fingerprint density at radius 1 is 1.14 bits per heavy atom. The molecule has 7 heteroatoms. The molecule has 29 heavy (non-hydrogen) atoms. The number of fused-ring (bicyclic) bond motifs is 1. The summed E-state index contributed by atoms with van der Waals surface area (Å²) in [6, 6.07) is 11.2. The zero-order chi connectivity index (χ0) is 21.0. The maximum absolute atomic E-state index is 13.0. The van der Waals surface area contributed by atoms with Crippen molar-refractivity contribution in [3.05, 3.63) is 52.5 Å². The van der Waals surface area contributed by atoms with Gasteiger partial charge in [-0.25, -0.2) is 4.98 Å². The van der Waals surface area contributed by atoms with Gasteiger partial charge in [0.25, 0.3) is 5.91 Å². The Morgan fingerprint density at radius 2 is 1.86 bits per heavy atom. The number of benzene rings is 2. The molecule has 3 aromatic rings. The molecule has 0 spiro atoms. The van der Waals surface area contributed by atoms with E-state index in [1.54, 1.807) is 40.5 Å². The quantitative estimate of drug-likeness (QED) is 0.507. The molecule has 0 fully saturated rings. The zero-order valence-corrected chi connectivity index (χ0v) is 18.8. The van der Waals surface area contributed by atoms with Crippen LogP contribution in [0.25, 0.3) is 10.2 Å². The number of rotatable bonds is 8. The molecule has 1 amide bonds. The van der Waals surface area contributed by atoms with Gasteiger partial charge in [0.05, 0.1) is 10.2 Å². The number of carbonyl (C=O) groups excluding carboxylic acids is 1. The fraction of sp³-hybridized carbons (Fsp3) is 0.364. The number of thiazole rings is 1. The molecule has 0 unspecified atom stereocenters. The summed E-state index contributed by atoms with van der Waals surface area (Å²) in [6.07, 6.45) is 0.855. The minimum Gasteiger partial charge on any atom is -0.484 e. The van der Waals surface area contributed by atoms with Crippen LogP contribution in [0.3, 0.4) is 0 Å². The topological polar surface area (TPSA) is 45.7 Å². The third kappa shape index (κ3) is 5.69. The molecule has 3 rings (SSSR count). The molecule has 1 aromatic heterocycles. The molecule has 0 aliphatic carbocycles. The molecule has 0 saturated carbocycles. The number of hydrogen-bond acceptors (Lipinski definition) is 5. The highest BCUT2D eigenvalue weighted by molar-refractivity contribution is 7.22. The summed E-state index contributed by atoms with van der Waals surface area (Å²) in [5.41, 5.74) is 3.28. The highest BCUT2D eigenvalue weighted by Crippen LogP contribution is 2.32. The predicted octanol–water partition coefficient (Wildman–Crippen LogP) is 4.93. The van der Waals surface area contributed by atoms with Crippen LogP contribution in [-0.4, -0.2) is 49.6 Å². The summed E-state index contributed by atoms with van der Waals surface area (Å²) < 4.78 is 6.78. The van der Waals surface area contributed by atoms with Crippen LogP contribution >= 0.6 is 22.9 Å². The Bertz CT molecular complexity index is 986. The number of nitrogens with zero attached hydrogens (tertiary/aromatic N) is 3. The van der Waals surface area contributed by atoms with E-state index in [4.69, 9.17) is 21.3 Å². The summed E-state index contributed by atoms with van der Waals surface area (Å²) in [4.78, 5) is 21.7. The summed E-state index contributed by atoms with van der Waals surface area (Å²) in [7, 11) is 4.05. The normalized spacial score (nSPS) is 11.2. The first-order valence-corrected chi connectivity index (χ1v) is 10.7. The van der Waals surface area contributed by atoms with E-state index in [2.05, 4.69) is 30.9 Å². The largest absolute Gasteiger partial charge is 0.484 e. The van der Waals surface area contributed by atoms with Crippen LogP contribution in [0.5, 0.6) is 5.75 Å². The summed E-state index contributed by atoms with van der Waals surface area (Å²) in [5.74, 6) is 0.513. The van der Waals surface area contributed by atoms with Crippen molar-refractivity contribution in [2.24, 2.45) is 0 Å². The van der Waals surface area contributed by atoms with E-state index >= 15 is 0 Å². The first-order chi connectivity index (χ1) is 13.8. The van der Waals surface area contributed by atoms with Crippen molar-refractivity contribution in [1.29, 1.82) is 0 Å². The van der Waals surface area contributed by atoms with E-state index < -0.39 is 0 Å². The zero-order valence-electron chi connectivity index (χ0n) is 17.2. The van der Waals surface area contributed by atoms with Gasteiger partial charge in [0.2, 0.25) is 0 Å². The lowest BCUT2D eigenvalue weighted by atomic mass is 10.1. The molecular formula is C22H26ClN3O2S. The molecule has 0 atom stereocenters. The lowest BCUT2D eigenvalue weighted by Crippen LogP contribution is -2.36. The third-order valence-corrected chi connectivity index (χ3v) is 5.79. The van der Waals surface area contributed by atoms with Gasteiger partial charge in [-0.05, 0) is 82.4 Å². The molecule has 2 aromatic carbocycles. The number of carbonyl (C=O) groups is 1. The van der Waals surface area contributed by atoms with E-state index in [1.807, 2.05) is 14.1 Å². The van der Waals surface area contributed by atoms with E-state index in [0.717, 1.165) is 33.9 Å². The van der Waals surface area contributed by atoms with Crippen molar-refractivity contribution in [3.8, 4) is 5.75 Å². The van der Waals surface area contributed by atoms with Gasteiger partial charge in [-0.3, -0.25) is 9.69 Å². The second-order valence-electron chi connectivity index (χ2n) is 7.37. The van der Waals surface area contributed by atoms with Crippen LogP contribution < -0.4 is 9.64 Å². The SMILES string of the molecule is Cc1cc(C)c2nc(N(CCCN(C)C)C(=O)COc3ccc(Cl)cc3)sc2c1. The van der Waals surface area contributed by atoms with Crippen LogP contribution in [0.2, 0.25) is 5.02 Å². The third-order valence-electron chi connectivity index (χ3n) is 4.51. The van der Waals surface area contributed by atoms with Crippen molar-refractivity contribution >= 4 is 44.2 Å². The number of anilines is 1. The van der Waals surface area contributed by atoms with Crippen molar-refractivity contribution in [2.45, 2.75) is 20.3 Å². The second kappa shape index (κ2) is 9.57. The van der Waals surface area contributed by atoms with Gasteiger partial charge >= 0.3 is 0 Å². The molecule has 5 nitrogen and oxygen atoms in total. The van der Waals surface area contributed by atoms with E-state index in [-0.39, 0.29) is 12.5 Å². The Morgan fingerprint density at radius 3 is 2.55 bits per heavy atom. The minimum atomic E-state index is -0.105. The smallest absolute Gasteiger partial charge is 0.266 e. The van der Waals surface area contributed by atoms with Crippen molar-refractivity contribution in [1.82, 2.24) is 9.88 Å². The highest BCUT2D eigenvalue weighted by Gasteiger charge is 2.21. The average molecular weight is 432 g/mol. The van der Waals surface area contributed by atoms with Gasteiger partial charge in [0.15, 0.2) is 11.7 Å². The van der Waals surface area contributed by atoms with Crippen LogP contribution in [-0.2, 0) is 4.79 Å². The lowest BCUT2D eigenvalue weighted by molar-refractivity contribution is -0.120. The highest BCUT2D eigenvalue weighted by atomic mass is 35.5. The van der Waals surface area contributed by atoms with E-state index in [9.17, 15) is 4.79 Å². The number of aromatic nitrogens is 1. The molecule has 0 aliphatic rings. The number of halogens is 1. The van der Waals surface area contributed by atoms with Gasteiger partial charge in [-0.15, -0.1) is 0 Å². The maximum Gasteiger partial charge on any atom is 0.266 e. The van der Waals surface area contributed by atoms with Crippen LogP contribution in [0.15, 0.2) is 36.4 Å². The van der Waals surface area contributed by atoms with Crippen molar-refractivity contribution in [2.75, 3.05) is 38.7 Å². The second-order valence-corrected chi connectivity index (χ2v) is 8.82. The molecule has 154 valence electrons. The van der Waals surface area contributed by atoms with E-state index in [0.29, 0.717) is 17.3 Å². The Balaban J connectivity index is 1.80. The van der Waals surface area contributed by atoms with Crippen LogP contribution in [0.1, 0.15) is 17.5 Å². The number of aryl methyl sites for hydroxylation is 2. The molecule has 0 bridgehead atoms. The standard InChI is InChI=1S/C22H26ClN3O2S/c1-15-12-16(2)21-19(13-15)29-22(24-21)26(11-5-10-25(3)4)20(27)14-28-18-8-6-17(23)7-9-18/h6-9,12-13H,5,10-11,14H2,1-4H3. The lowest BCUT2D eigenvalue weighted by Gasteiger charge is -2.21. The van der Waals surface area contributed by atoms with E-state index in [1.165, 1.54) is 5.56 Å². The molecular weight excluding hydrogens is 406 g/mol. The number of ether oxygens (including phenoxy) is 1. The molecule has 1 heterocycles. The minimum absolute atomic E-state index is 0.0441. The molecule has 0 N–H and O–H groups in total. The Kier molecular flexibility index (Phi) is 7.11. The van der Waals surface area contributed by atoms with Crippen molar-refractivity contribution in [3.63, 3.8) is 0 Å². The monoisotopic (exact) mass is 431 g/mol. The molecule has 0 radical (unpaired) electrons. The fourth-order valence-corrected chi connectivity index (χ4v) is 4.41. The Hall–Kier alpha value is -2.15. The van der Waals surface area contributed by atoms with Crippen molar-refractivity contribution < 1.29 is 9.53 Å². The Labute approximate surface area is 180 Å². The summed E-state index contributed by atoms with van der Waals surface area (Å²) in [5, 5.41) is 1.35. The van der Waals surface area contributed by atoms with Gasteiger partial charge < -0.3 is 9.64 Å². The number of amides is 1. The van der Waals surface area contributed by atoms with Gasteiger partial charge in [0, 0.05) is 11.6 Å². The van der Waals surface area contributed by atoms with Gasteiger partial charge in [0.1, 0.15) is 5.75 Å². The maximum atomic E-state index is 13.0. The molecule has 0 saturated heterocycles. The summed E-state index contributed by atoms with van der Waals surface area (Å²) in [6.45, 7) is 5.58. The average Bonchev–Trinajstić information content (AvgIpc) is 3.08. The van der Waals surface area contributed by atoms with Gasteiger partial charge in [-0.2, -0.15) is 0 Å².